The molecule has 0 bridgehead atoms. The highest BCUT2D eigenvalue weighted by Crippen LogP contribution is 2.01. The average molecular weight is 208 g/mol. The highest BCUT2D eigenvalue weighted by Gasteiger charge is 2.02. The molecule has 0 aromatic heterocycles. The zero-order valence-electron chi connectivity index (χ0n) is 8.94. The van der Waals surface area contributed by atoms with E-state index < -0.39 is 0 Å². The van der Waals surface area contributed by atoms with Gasteiger partial charge in [0.15, 0.2) is 0 Å². The maximum Gasteiger partial charge on any atom is 0.146 e. The maximum absolute atomic E-state index is 11.5. The van der Waals surface area contributed by atoms with Crippen molar-refractivity contribution in [1.29, 1.82) is 0 Å². The maximum atomic E-state index is 11.5. The largest absolute Gasteiger partial charge is 0.359 e. The molecule has 0 aliphatic heterocycles. The van der Waals surface area contributed by atoms with Crippen molar-refractivity contribution in [3.63, 3.8) is 0 Å². The number of ether oxygens (including phenoxy) is 2. The van der Waals surface area contributed by atoms with E-state index in [1.54, 1.807) is 7.11 Å². The van der Waals surface area contributed by atoms with E-state index in [-0.39, 0.29) is 12.6 Å². The van der Waals surface area contributed by atoms with Gasteiger partial charge in [-0.3, -0.25) is 4.79 Å². The molecule has 0 unspecified atom stereocenters. The van der Waals surface area contributed by atoms with E-state index in [4.69, 9.17) is 9.47 Å². The van der Waals surface area contributed by atoms with Gasteiger partial charge in [0.1, 0.15) is 12.6 Å². The molecule has 0 radical (unpaired) electrons. The summed E-state index contributed by atoms with van der Waals surface area (Å²) in [7, 11) is 1.56. The number of benzene rings is 1. The predicted molar refractivity (Wildman–Crippen MR) is 57.6 cm³/mol. The van der Waals surface area contributed by atoms with Crippen LogP contribution in [-0.4, -0.2) is 26.3 Å². The third-order valence-electron chi connectivity index (χ3n) is 1.97. The zero-order chi connectivity index (χ0) is 10.9. The van der Waals surface area contributed by atoms with Crippen LogP contribution in [0.1, 0.15) is 12.0 Å². The molecule has 0 aliphatic rings. The topological polar surface area (TPSA) is 35.5 Å². The van der Waals surface area contributed by atoms with E-state index in [1.807, 2.05) is 30.3 Å². The molecule has 15 heavy (non-hydrogen) atoms. The van der Waals surface area contributed by atoms with Gasteiger partial charge in [-0.1, -0.05) is 30.3 Å². The van der Waals surface area contributed by atoms with Gasteiger partial charge < -0.3 is 9.47 Å². The highest BCUT2D eigenvalue weighted by molar-refractivity contribution is 5.80. The number of carbonyl (C=O) groups excluding carboxylic acids is 1. The summed E-state index contributed by atoms with van der Waals surface area (Å²) in [5.74, 6) is 0.192. The summed E-state index contributed by atoms with van der Waals surface area (Å²) in [5.41, 5.74) is 1.05. The lowest BCUT2D eigenvalue weighted by Gasteiger charge is -2.02. The lowest BCUT2D eigenvalue weighted by atomic mass is 10.1. The molecule has 0 aliphatic carbocycles. The molecule has 0 saturated heterocycles. The minimum Gasteiger partial charge on any atom is -0.359 e. The summed E-state index contributed by atoms with van der Waals surface area (Å²) in [6.45, 7) is 0.679. The van der Waals surface area contributed by atoms with Crippen molar-refractivity contribution in [2.45, 2.75) is 12.8 Å². The molecule has 3 heteroatoms. The van der Waals surface area contributed by atoms with Crippen LogP contribution in [0.15, 0.2) is 30.3 Å². The second-order valence-electron chi connectivity index (χ2n) is 3.27. The molecule has 0 heterocycles. The standard InChI is InChI=1S/C12H16O3/c1-14-10-15-8-7-12(13)9-11-5-3-2-4-6-11/h2-6H,7-10H2,1H3. The molecule has 3 nitrogen and oxygen atoms in total. The Balaban J connectivity index is 2.19. The summed E-state index contributed by atoms with van der Waals surface area (Å²) >= 11 is 0. The fraction of sp³-hybridized carbons (Fsp3) is 0.417. The van der Waals surface area contributed by atoms with Gasteiger partial charge in [-0.05, 0) is 5.56 Å². The van der Waals surface area contributed by atoms with Crippen molar-refractivity contribution in [2.75, 3.05) is 20.5 Å². The summed E-state index contributed by atoms with van der Waals surface area (Å²) in [5, 5.41) is 0. The number of methoxy groups -OCH3 is 1. The van der Waals surface area contributed by atoms with Crippen LogP contribution in [0.2, 0.25) is 0 Å². The smallest absolute Gasteiger partial charge is 0.146 e. The summed E-state index contributed by atoms with van der Waals surface area (Å²) in [6, 6.07) is 9.71. The third-order valence-corrected chi connectivity index (χ3v) is 1.97. The zero-order valence-corrected chi connectivity index (χ0v) is 8.94. The van der Waals surface area contributed by atoms with Crippen molar-refractivity contribution in [3.05, 3.63) is 35.9 Å². The second kappa shape index (κ2) is 7.15. The summed E-state index contributed by atoms with van der Waals surface area (Å²) < 4.78 is 9.76. The molecule has 1 rings (SSSR count). The molecule has 0 atom stereocenters. The van der Waals surface area contributed by atoms with Crippen LogP contribution in [0.3, 0.4) is 0 Å². The Labute approximate surface area is 90.0 Å². The minimum absolute atomic E-state index is 0.192. The van der Waals surface area contributed by atoms with E-state index in [9.17, 15) is 4.79 Å². The number of Topliss-reactive ketones (excluding diaryl/α,β-unsaturated/α-hetero) is 1. The van der Waals surface area contributed by atoms with E-state index in [0.29, 0.717) is 19.4 Å². The van der Waals surface area contributed by atoms with Crippen LogP contribution in [0.25, 0.3) is 0 Å². The second-order valence-corrected chi connectivity index (χ2v) is 3.27. The fourth-order valence-corrected chi connectivity index (χ4v) is 1.24. The van der Waals surface area contributed by atoms with Crippen LogP contribution >= 0.6 is 0 Å². The van der Waals surface area contributed by atoms with Gasteiger partial charge in [0.2, 0.25) is 0 Å². The molecule has 1 aromatic carbocycles. The number of ketones is 1. The van der Waals surface area contributed by atoms with Gasteiger partial charge in [0.05, 0.1) is 6.61 Å². The van der Waals surface area contributed by atoms with Crippen LogP contribution in [0.5, 0.6) is 0 Å². The molecular formula is C12H16O3. The van der Waals surface area contributed by atoms with Gasteiger partial charge in [0.25, 0.3) is 0 Å². The Kier molecular flexibility index (Phi) is 5.66. The van der Waals surface area contributed by atoms with Gasteiger partial charge >= 0.3 is 0 Å². The van der Waals surface area contributed by atoms with Crippen LogP contribution in [0.4, 0.5) is 0 Å². The van der Waals surface area contributed by atoms with E-state index in [1.165, 1.54) is 0 Å². The Morgan fingerprint density at radius 2 is 2.00 bits per heavy atom. The highest BCUT2D eigenvalue weighted by atomic mass is 16.7. The number of carbonyl (C=O) groups is 1. The molecular weight excluding hydrogens is 192 g/mol. The fourth-order valence-electron chi connectivity index (χ4n) is 1.24. The average Bonchev–Trinajstić information content (AvgIpc) is 2.26. The lowest BCUT2D eigenvalue weighted by molar-refractivity contribution is -0.120. The monoisotopic (exact) mass is 208 g/mol. The van der Waals surface area contributed by atoms with Gasteiger partial charge in [-0.15, -0.1) is 0 Å². The normalized spacial score (nSPS) is 10.2. The summed E-state index contributed by atoms with van der Waals surface area (Å²) in [6.07, 6.45) is 0.926. The van der Waals surface area contributed by atoms with Crippen molar-refractivity contribution < 1.29 is 14.3 Å². The van der Waals surface area contributed by atoms with Crippen LogP contribution in [-0.2, 0) is 20.7 Å². The van der Waals surface area contributed by atoms with Crippen molar-refractivity contribution in [3.8, 4) is 0 Å². The third kappa shape index (κ3) is 5.30. The predicted octanol–water partition coefficient (Wildman–Crippen LogP) is 1.81. The Hall–Kier alpha value is -1.19. The number of hydrogen-bond donors (Lipinski definition) is 0. The molecule has 0 N–H and O–H groups in total. The van der Waals surface area contributed by atoms with Crippen molar-refractivity contribution in [1.82, 2.24) is 0 Å². The van der Waals surface area contributed by atoms with E-state index in [2.05, 4.69) is 0 Å². The molecule has 0 spiro atoms. The Morgan fingerprint density at radius 3 is 2.67 bits per heavy atom. The number of rotatable bonds is 7. The molecule has 1 aromatic rings. The molecule has 82 valence electrons. The SMILES string of the molecule is COCOCCC(=O)Cc1ccccc1. The van der Waals surface area contributed by atoms with Gasteiger partial charge in [-0.25, -0.2) is 0 Å². The Bertz CT molecular complexity index is 282. The first-order valence-electron chi connectivity index (χ1n) is 4.95. The lowest BCUT2D eigenvalue weighted by Crippen LogP contribution is -2.08. The quantitative estimate of drug-likeness (QED) is 0.506. The van der Waals surface area contributed by atoms with Gasteiger partial charge in [0, 0.05) is 20.0 Å². The Morgan fingerprint density at radius 1 is 1.27 bits per heavy atom. The first-order chi connectivity index (χ1) is 7.33. The van der Waals surface area contributed by atoms with Crippen LogP contribution in [0, 0.1) is 0 Å². The van der Waals surface area contributed by atoms with Crippen molar-refractivity contribution in [2.24, 2.45) is 0 Å². The molecule has 0 fully saturated rings. The number of hydrogen-bond acceptors (Lipinski definition) is 3. The molecule has 0 amide bonds. The van der Waals surface area contributed by atoms with Crippen LogP contribution < -0.4 is 0 Å². The first-order valence-corrected chi connectivity index (χ1v) is 4.95. The van der Waals surface area contributed by atoms with E-state index >= 15 is 0 Å². The van der Waals surface area contributed by atoms with Gasteiger partial charge in [-0.2, -0.15) is 0 Å². The van der Waals surface area contributed by atoms with E-state index in [0.717, 1.165) is 5.56 Å². The minimum atomic E-state index is 0.192. The first kappa shape index (κ1) is 11.9. The molecule has 0 saturated carbocycles. The van der Waals surface area contributed by atoms with Crippen molar-refractivity contribution >= 4 is 5.78 Å². The summed E-state index contributed by atoms with van der Waals surface area (Å²) in [4.78, 5) is 11.5.